The summed E-state index contributed by atoms with van der Waals surface area (Å²) in [7, 11) is 0. The summed E-state index contributed by atoms with van der Waals surface area (Å²) in [4.78, 5) is 32.8. The first kappa shape index (κ1) is 16.0. The van der Waals surface area contributed by atoms with E-state index in [2.05, 4.69) is 15.3 Å². The standard InChI is InChI=1S/C16H18N4O4/c21-12-4-2-1-3-11(12)17-15(22)9-13-18-14(10-16(23)19-13)20-5-7-24-8-6-20/h1-4,10,21H,5-9H2,(H,17,22)(H,18,19,23). The molecule has 2 heterocycles. The highest BCUT2D eigenvalue weighted by Crippen LogP contribution is 2.21. The van der Waals surface area contributed by atoms with Crippen LogP contribution in [0, 0.1) is 0 Å². The summed E-state index contributed by atoms with van der Waals surface area (Å²) >= 11 is 0. The Hall–Kier alpha value is -2.87. The first-order valence-corrected chi connectivity index (χ1v) is 7.62. The largest absolute Gasteiger partial charge is 0.506 e. The second-order valence-electron chi connectivity index (χ2n) is 5.39. The Bertz CT molecular complexity index is 784. The summed E-state index contributed by atoms with van der Waals surface area (Å²) in [6, 6.07) is 7.85. The molecule has 3 N–H and O–H groups in total. The number of benzene rings is 1. The normalized spacial score (nSPS) is 14.4. The molecule has 126 valence electrons. The predicted octanol–water partition coefficient (Wildman–Crippen LogP) is 0.493. The van der Waals surface area contributed by atoms with Gasteiger partial charge in [-0.25, -0.2) is 4.98 Å². The molecule has 8 heteroatoms. The van der Waals surface area contributed by atoms with E-state index in [9.17, 15) is 14.7 Å². The highest BCUT2D eigenvalue weighted by atomic mass is 16.5. The molecule has 0 spiro atoms. The SMILES string of the molecule is O=C(Cc1nc(N2CCOCC2)cc(=O)[nH]1)Nc1ccccc1O. The lowest BCUT2D eigenvalue weighted by molar-refractivity contribution is -0.115. The number of amides is 1. The highest BCUT2D eigenvalue weighted by Gasteiger charge is 2.15. The Balaban J connectivity index is 1.72. The van der Waals surface area contributed by atoms with Crippen LogP contribution in [0.3, 0.4) is 0 Å². The number of ether oxygens (including phenoxy) is 1. The Morgan fingerprint density at radius 1 is 1.33 bits per heavy atom. The second kappa shape index (κ2) is 7.14. The number of aromatic amines is 1. The molecule has 24 heavy (non-hydrogen) atoms. The quantitative estimate of drug-likeness (QED) is 0.705. The van der Waals surface area contributed by atoms with Crippen LogP contribution in [-0.2, 0) is 16.0 Å². The molecule has 3 rings (SSSR count). The Labute approximate surface area is 138 Å². The zero-order valence-electron chi connectivity index (χ0n) is 13.0. The average Bonchev–Trinajstić information content (AvgIpc) is 2.57. The minimum absolute atomic E-state index is 0.0191. The third-order valence-electron chi connectivity index (χ3n) is 3.62. The van der Waals surface area contributed by atoms with Gasteiger partial charge in [0.2, 0.25) is 5.91 Å². The molecule has 0 radical (unpaired) electrons. The van der Waals surface area contributed by atoms with Crippen LogP contribution >= 0.6 is 0 Å². The van der Waals surface area contributed by atoms with E-state index >= 15 is 0 Å². The number of carbonyl (C=O) groups is 1. The van der Waals surface area contributed by atoms with Gasteiger partial charge in [0.15, 0.2) is 0 Å². The van der Waals surface area contributed by atoms with Crippen molar-refractivity contribution in [3.63, 3.8) is 0 Å². The Morgan fingerprint density at radius 3 is 2.83 bits per heavy atom. The molecule has 0 unspecified atom stereocenters. The van der Waals surface area contributed by atoms with E-state index in [1.54, 1.807) is 18.2 Å². The maximum absolute atomic E-state index is 12.1. The number of nitrogens with one attached hydrogen (secondary N) is 2. The van der Waals surface area contributed by atoms with Gasteiger partial charge >= 0.3 is 0 Å². The molecule has 1 saturated heterocycles. The molecule has 0 atom stereocenters. The number of aromatic nitrogens is 2. The first-order valence-electron chi connectivity index (χ1n) is 7.62. The number of para-hydroxylation sites is 2. The molecule has 1 aliphatic rings. The number of aromatic hydroxyl groups is 1. The zero-order valence-corrected chi connectivity index (χ0v) is 13.0. The van der Waals surface area contributed by atoms with E-state index in [0.29, 0.717) is 37.8 Å². The summed E-state index contributed by atoms with van der Waals surface area (Å²) in [6.07, 6.45) is -0.0955. The van der Waals surface area contributed by atoms with Crippen molar-refractivity contribution >= 4 is 17.4 Å². The molecule has 0 saturated carbocycles. The van der Waals surface area contributed by atoms with E-state index in [1.165, 1.54) is 12.1 Å². The van der Waals surface area contributed by atoms with Crippen molar-refractivity contribution in [3.8, 4) is 5.75 Å². The lowest BCUT2D eigenvalue weighted by Crippen LogP contribution is -2.37. The van der Waals surface area contributed by atoms with E-state index in [1.807, 2.05) is 4.90 Å². The third-order valence-corrected chi connectivity index (χ3v) is 3.62. The van der Waals surface area contributed by atoms with Crippen LogP contribution in [0.4, 0.5) is 11.5 Å². The number of carbonyl (C=O) groups excluding carboxylic acids is 1. The minimum atomic E-state index is -0.376. The van der Waals surface area contributed by atoms with Gasteiger partial charge in [-0.3, -0.25) is 9.59 Å². The maximum atomic E-state index is 12.1. The molecule has 1 aromatic carbocycles. The Kier molecular flexibility index (Phi) is 4.76. The molecule has 8 nitrogen and oxygen atoms in total. The number of rotatable bonds is 4. The van der Waals surface area contributed by atoms with E-state index < -0.39 is 0 Å². The van der Waals surface area contributed by atoms with Gasteiger partial charge in [0.25, 0.3) is 5.56 Å². The molecular formula is C16H18N4O4. The molecule has 2 aromatic rings. The second-order valence-corrected chi connectivity index (χ2v) is 5.39. The van der Waals surface area contributed by atoms with Crippen LogP contribution in [0.1, 0.15) is 5.82 Å². The topological polar surface area (TPSA) is 108 Å². The molecular weight excluding hydrogens is 312 g/mol. The van der Waals surface area contributed by atoms with Crippen molar-refractivity contribution in [2.24, 2.45) is 0 Å². The van der Waals surface area contributed by atoms with E-state index in [4.69, 9.17) is 4.74 Å². The summed E-state index contributed by atoms with van der Waals surface area (Å²) in [5, 5.41) is 12.3. The smallest absolute Gasteiger partial charge is 0.252 e. The van der Waals surface area contributed by atoms with Gasteiger partial charge in [-0.1, -0.05) is 12.1 Å². The fourth-order valence-corrected chi connectivity index (χ4v) is 2.46. The number of nitrogens with zero attached hydrogens (tertiary/aromatic N) is 2. The summed E-state index contributed by atoms with van der Waals surface area (Å²) in [6.45, 7) is 2.47. The van der Waals surface area contributed by atoms with E-state index in [-0.39, 0.29) is 29.5 Å². The van der Waals surface area contributed by atoms with Gasteiger partial charge in [0.1, 0.15) is 17.4 Å². The summed E-state index contributed by atoms with van der Waals surface area (Å²) in [5.74, 6) is 0.414. The first-order chi connectivity index (χ1) is 11.6. The monoisotopic (exact) mass is 330 g/mol. The number of phenols is 1. The van der Waals surface area contributed by atoms with Crippen molar-refractivity contribution < 1.29 is 14.6 Å². The van der Waals surface area contributed by atoms with Gasteiger partial charge in [0.05, 0.1) is 25.3 Å². The molecule has 0 aliphatic carbocycles. The van der Waals surface area contributed by atoms with Crippen molar-refractivity contribution in [1.82, 2.24) is 9.97 Å². The number of hydrogen-bond acceptors (Lipinski definition) is 6. The van der Waals surface area contributed by atoms with Crippen LogP contribution in [0.15, 0.2) is 35.1 Å². The highest BCUT2D eigenvalue weighted by molar-refractivity contribution is 5.93. The van der Waals surface area contributed by atoms with Crippen molar-refractivity contribution in [3.05, 3.63) is 46.5 Å². The molecule has 1 amide bonds. The minimum Gasteiger partial charge on any atom is -0.506 e. The lowest BCUT2D eigenvalue weighted by Gasteiger charge is -2.27. The van der Waals surface area contributed by atoms with Crippen molar-refractivity contribution in [2.75, 3.05) is 36.5 Å². The van der Waals surface area contributed by atoms with Gasteiger partial charge in [-0.15, -0.1) is 0 Å². The average molecular weight is 330 g/mol. The summed E-state index contributed by atoms with van der Waals surface area (Å²) < 4.78 is 5.28. The van der Waals surface area contributed by atoms with Crippen LogP contribution < -0.4 is 15.8 Å². The number of morpholine rings is 1. The third kappa shape index (κ3) is 3.90. The van der Waals surface area contributed by atoms with Crippen molar-refractivity contribution in [2.45, 2.75) is 6.42 Å². The number of hydrogen-bond donors (Lipinski definition) is 3. The van der Waals surface area contributed by atoms with Crippen LogP contribution in [0.2, 0.25) is 0 Å². The van der Waals surface area contributed by atoms with E-state index in [0.717, 1.165) is 0 Å². The Morgan fingerprint density at radius 2 is 2.08 bits per heavy atom. The van der Waals surface area contributed by atoms with Crippen LogP contribution in [0.5, 0.6) is 5.75 Å². The van der Waals surface area contributed by atoms with Gasteiger partial charge < -0.3 is 25.0 Å². The fourth-order valence-electron chi connectivity index (χ4n) is 2.46. The van der Waals surface area contributed by atoms with Gasteiger partial charge in [0, 0.05) is 19.2 Å². The fraction of sp³-hybridized carbons (Fsp3) is 0.312. The van der Waals surface area contributed by atoms with Gasteiger partial charge in [-0.05, 0) is 12.1 Å². The molecule has 1 fully saturated rings. The molecule has 1 aromatic heterocycles. The number of anilines is 2. The predicted molar refractivity (Wildman–Crippen MR) is 88.3 cm³/mol. The maximum Gasteiger partial charge on any atom is 0.252 e. The molecule has 0 bridgehead atoms. The molecule has 1 aliphatic heterocycles. The lowest BCUT2D eigenvalue weighted by atomic mass is 10.2. The number of phenolic OH excluding ortho intramolecular Hbond substituents is 1. The number of H-pyrrole nitrogens is 1. The van der Waals surface area contributed by atoms with Crippen molar-refractivity contribution in [1.29, 1.82) is 0 Å². The van der Waals surface area contributed by atoms with Gasteiger partial charge in [-0.2, -0.15) is 0 Å². The summed E-state index contributed by atoms with van der Waals surface area (Å²) in [5.41, 5.74) is 0.00558. The van der Waals surface area contributed by atoms with Crippen LogP contribution in [0.25, 0.3) is 0 Å². The van der Waals surface area contributed by atoms with Crippen LogP contribution in [-0.4, -0.2) is 47.3 Å². The zero-order chi connectivity index (χ0) is 16.9.